The topological polar surface area (TPSA) is 92.5 Å². The van der Waals surface area contributed by atoms with Crippen molar-refractivity contribution in [2.75, 3.05) is 25.9 Å². The van der Waals surface area contributed by atoms with Gasteiger partial charge in [0.05, 0.1) is 11.4 Å². The number of hydrogen-bond donors (Lipinski definition) is 2. The molecule has 0 bridgehead atoms. The monoisotopic (exact) mass is 349 g/mol. The molecule has 0 unspecified atom stereocenters. The van der Waals surface area contributed by atoms with E-state index in [0.717, 1.165) is 0 Å². The SMILES string of the molecule is CCN(C)C(=O)CNS(=O)(=O)c1ccc(N)cc1Br. The summed E-state index contributed by atoms with van der Waals surface area (Å²) in [6.45, 7) is 2.05. The average Bonchev–Trinajstić information content (AvgIpc) is 2.34. The lowest BCUT2D eigenvalue weighted by atomic mass is 10.3. The van der Waals surface area contributed by atoms with Gasteiger partial charge in [0, 0.05) is 23.8 Å². The Balaban J connectivity index is 2.85. The van der Waals surface area contributed by atoms with Crippen LogP contribution < -0.4 is 10.5 Å². The number of rotatable bonds is 5. The number of carbonyl (C=O) groups is 1. The van der Waals surface area contributed by atoms with Crippen LogP contribution in [-0.2, 0) is 14.8 Å². The highest BCUT2D eigenvalue weighted by atomic mass is 79.9. The van der Waals surface area contributed by atoms with Crippen LogP contribution in [0.1, 0.15) is 6.92 Å². The van der Waals surface area contributed by atoms with E-state index in [9.17, 15) is 13.2 Å². The fraction of sp³-hybridized carbons (Fsp3) is 0.364. The summed E-state index contributed by atoms with van der Waals surface area (Å²) in [6.07, 6.45) is 0. The van der Waals surface area contributed by atoms with Gasteiger partial charge in [0.25, 0.3) is 0 Å². The summed E-state index contributed by atoms with van der Waals surface area (Å²) in [4.78, 5) is 13.0. The molecule has 1 rings (SSSR count). The lowest BCUT2D eigenvalue weighted by Gasteiger charge is -2.15. The number of sulfonamides is 1. The molecule has 0 aliphatic carbocycles. The second-order valence-corrected chi connectivity index (χ2v) is 6.51. The summed E-state index contributed by atoms with van der Waals surface area (Å²) >= 11 is 3.14. The summed E-state index contributed by atoms with van der Waals surface area (Å²) in [6, 6.07) is 4.36. The number of benzene rings is 1. The normalized spacial score (nSPS) is 11.3. The number of carbonyl (C=O) groups excluding carboxylic acids is 1. The van der Waals surface area contributed by atoms with E-state index in [2.05, 4.69) is 20.7 Å². The number of anilines is 1. The summed E-state index contributed by atoms with van der Waals surface area (Å²) in [5.41, 5.74) is 6.00. The molecule has 0 aliphatic rings. The number of nitrogens with two attached hydrogens (primary N) is 1. The van der Waals surface area contributed by atoms with E-state index in [1.165, 1.54) is 23.1 Å². The van der Waals surface area contributed by atoms with Crippen molar-refractivity contribution in [1.82, 2.24) is 9.62 Å². The molecule has 0 fully saturated rings. The summed E-state index contributed by atoms with van der Waals surface area (Å²) < 4.78 is 26.7. The van der Waals surface area contributed by atoms with E-state index in [4.69, 9.17) is 5.73 Å². The third kappa shape index (κ3) is 4.19. The highest BCUT2D eigenvalue weighted by molar-refractivity contribution is 9.10. The minimum absolute atomic E-state index is 0.0497. The van der Waals surface area contributed by atoms with E-state index < -0.39 is 10.0 Å². The van der Waals surface area contributed by atoms with Gasteiger partial charge in [-0.1, -0.05) is 0 Å². The Kier molecular flexibility index (Phi) is 5.33. The number of nitrogens with one attached hydrogen (secondary N) is 1. The van der Waals surface area contributed by atoms with Gasteiger partial charge in [-0.25, -0.2) is 13.1 Å². The maximum absolute atomic E-state index is 12.0. The Morgan fingerprint density at radius 1 is 1.47 bits per heavy atom. The fourth-order valence-corrected chi connectivity index (χ4v) is 3.35. The van der Waals surface area contributed by atoms with Crippen molar-refractivity contribution in [1.29, 1.82) is 0 Å². The molecule has 1 amide bonds. The van der Waals surface area contributed by atoms with Crippen LogP contribution in [0, 0.1) is 0 Å². The smallest absolute Gasteiger partial charge is 0.242 e. The van der Waals surface area contributed by atoms with Crippen LogP contribution in [-0.4, -0.2) is 39.4 Å². The van der Waals surface area contributed by atoms with Crippen molar-refractivity contribution in [3.63, 3.8) is 0 Å². The highest BCUT2D eigenvalue weighted by Crippen LogP contribution is 2.23. The first kappa shape index (κ1) is 15.9. The van der Waals surface area contributed by atoms with Gasteiger partial charge in [-0.2, -0.15) is 0 Å². The Hall–Kier alpha value is -1.12. The van der Waals surface area contributed by atoms with Crippen molar-refractivity contribution in [3.8, 4) is 0 Å². The molecular weight excluding hydrogens is 334 g/mol. The number of hydrogen-bond acceptors (Lipinski definition) is 4. The van der Waals surface area contributed by atoms with Gasteiger partial charge in [-0.05, 0) is 41.1 Å². The minimum Gasteiger partial charge on any atom is -0.399 e. The Morgan fingerprint density at radius 3 is 2.63 bits per heavy atom. The Bertz CT molecular complexity index is 575. The molecule has 0 heterocycles. The molecule has 0 saturated carbocycles. The van der Waals surface area contributed by atoms with Crippen molar-refractivity contribution >= 4 is 37.5 Å². The van der Waals surface area contributed by atoms with Crippen molar-refractivity contribution in [2.45, 2.75) is 11.8 Å². The molecule has 0 aromatic heterocycles. The van der Waals surface area contributed by atoms with E-state index in [-0.39, 0.29) is 17.3 Å². The van der Waals surface area contributed by atoms with Crippen LogP contribution in [0.5, 0.6) is 0 Å². The van der Waals surface area contributed by atoms with E-state index in [1.807, 2.05) is 6.92 Å². The fourth-order valence-electron chi connectivity index (χ4n) is 1.28. The Labute approximate surface area is 121 Å². The molecule has 1 aromatic rings. The summed E-state index contributed by atoms with van der Waals surface area (Å²) in [5, 5.41) is 0. The second-order valence-electron chi connectivity index (χ2n) is 3.92. The van der Waals surface area contributed by atoms with Crippen molar-refractivity contribution in [3.05, 3.63) is 22.7 Å². The number of nitrogen functional groups attached to an aromatic ring is 1. The van der Waals surface area contributed by atoms with Crippen molar-refractivity contribution < 1.29 is 13.2 Å². The first-order chi connectivity index (χ1) is 8.77. The first-order valence-corrected chi connectivity index (χ1v) is 7.84. The number of nitrogens with zero attached hydrogens (tertiary/aromatic N) is 1. The molecule has 0 radical (unpaired) electrons. The van der Waals surface area contributed by atoms with Gasteiger partial charge in [-0.3, -0.25) is 4.79 Å². The molecule has 106 valence electrons. The van der Waals surface area contributed by atoms with E-state index in [1.54, 1.807) is 7.05 Å². The molecule has 8 heteroatoms. The molecule has 1 aromatic carbocycles. The molecule has 0 aliphatic heterocycles. The quantitative estimate of drug-likeness (QED) is 0.768. The van der Waals surface area contributed by atoms with Crippen LogP contribution in [0.15, 0.2) is 27.6 Å². The summed E-state index contributed by atoms with van der Waals surface area (Å²) in [5.74, 6) is -0.294. The zero-order chi connectivity index (χ0) is 14.6. The maximum Gasteiger partial charge on any atom is 0.242 e. The predicted molar refractivity (Wildman–Crippen MR) is 77.1 cm³/mol. The molecule has 0 saturated heterocycles. The van der Waals surface area contributed by atoms with Crippen molar-refractivity contribution in [2.24, 2.45) is 0 Å². The number of amides is 1. The zero-order valence-electron chi connectivity index (χ0n) is 10.7. The highest BCUT2D eigenvalue weighted by Gasteiger charge is 2.19. The lowest BCUT2D eigenvalue weighted by molar-refractivity contribution is -0.128. The third-order valence-electron chi connectivity index (χ3n) is 2.56. The molecule has 3 N–H and O–H groups in total. The van der Waals surface area contributed by atoms with Gasteiger partial charge in [-0.15, -0.1) is 0 Å². The van der Waals surface area contributed by atoms with Crippen LogP contribution in [0.3, 0.4) is 0 Å². The zero-order valence-corrected chi connectivity index (χ0v) is 13.1. The largest absolute Gasteiger partial charge is 0.399 e. The second kappa shape index (κ2) is 6.36. The lowest BCUT2D eigenvalue weighted by Crippen LogP contribution is -2.38. The molecule has 19 heavy (non-hydrogen) atoms. The number of halogens is 1. The van der Waals surface area contributed by atoms with Crippen LogP contribution >= 0.6 is 15.9 Å². The average molecular weight is 350 g/mol. The number of likely N-dealkylation sites (N-methyl/N-ethyl adjacent to an activating group) is 1. The van der Waals surface area contributed by atoms with Gasteiger partial charge in [0.15, 0.2) is 0 Å². The molecule has 0 atom stereocenters. The van der Waals surface area contributed by atoms with E-state index in [0.29, 0.717) is 16.7 Å². The third-order valence-corrected chi connectivity index (χ3v) is 4.94. The van der Waals surface area contributed by atoms with Gasteiger partial charge >= 0.3 is 0 Å². The van der Waals surface area contributed by atoms with Crippen LogP contribution in [0.4, 0.5) is 5.69 Å². The molecule has 6 nitrogen and oxygen atoms in total. The van der Waals surface area contributed by atoms with Gasteiger partial charge in [0.1, 0.15) is 0 Å². The molecule has 0 spiro atoms. The standard InChI is InChI=1S/C11H16BrN3O3S/c1-3-15(2)11(16)7-14-19(17,18)10-5-4-8(13)6-9(10)12/h4-6,14H,3,7,13H2,1-2H3. The van der Waals surface area contributed by atoms with Gasteiger partial charge < -0.3 is 10.6 Å². The van der Waals surface area contributed by atoms with Gasteiger partial charge in [0.2, 0.25) is 15.9 Å². The Morgan fingerprint density at radius 2 is 2.11 bits per heavy atom. The maximum atomic E-state index is 12.0. The minimum atomic E-state index is -3.74. The van der Waals surface area contributed by atoms with Crippen LogP contribution in [0.2, 0.25) is 0 Å². The predicted octanol–water partition coefficient (Wildman–Crippen LogP) is 0.788. The summed E-state index contributed by atoms with van der Waals surface area (Å²) in [7, 11) is -2.14. The van der Waals surface area contributed by atoms with E-state index >= 15 is 0 Å². The molecular formula is C11H16BrN3O3S. The van der Waals surface area contributed by atoms with Crippen LogP contribution in [0.25, 0.3) is 0 Å². The first-order valence-electron chi connectivity index (χ1n) is 5.56.